The number of carbonyl (C=O) groups is 1. The van der Waals surface area contributed by atoms with E-state index in [1.165, 1.54) is 19.3 Å². The SMILES string of the molecule is CC1CCCCC1NC(=O)c1ccncc1C#CCN. The summed E-state index contributed by atoms with van der Waals surface area (Å²) in [6.07, 6.45) is 7.92. The van der Waals surface area contributed by atoms with Crippen LogP contribution in [0.25, 0.3) is 0 Å². The van der Waals surface area contributed by atoms with E-state index in [0.29, 0.717) is 17.0 Å². The van der Waals surface area contributed by atoms with Crippen molar-refractivity contribution >= 4 is 5.91 Å². The zero-order chi connectivity index (χ0) is 14.4. The fourth-order valence-corrected chi connectivity index (χ4v) is 2.62. The van der Waals surface area contributed by atoms with Crippen LogP contribution < -0.4 is 11.1 Å². The van der Waals surface area contributed by atoms with Crippen LogP contribution in [0.3, 0.4) is 0 Å². The predicted octanol–water partition coefficient (Wildman–Crippen LogP) is 1.70. The van der Waals surface area contributed by atoms with Crippen LogP contribution in [0.1, 0.15) is 48.5 Å². The van der Waals surface area contributed by atoms with Crippen molar-refractivity contribution in [3.63, 3.8) is 0 Å². The van der Waals surface area contributed by atoms with Crippen molar-refractivity contribution in [3.05, 3.63) is 29.6 Å². The maximum atomic E-state index is 12.4. The van der Waals surface area contributed by atoms with Gasteiger partial charge in [0, 0.05) is 18.4 Å². The van der Waals surface area contributed by atoms with Gasteiger partial charge >= 0.3 is 0 Å². The number of aromatic nitrogens is 1. The second kappa shape index (κ2) is 7.06. The van der Waals surface area contributed by atoms with Crippen molar-refractivity contribution in [1.82, 2.24) is 10.3 Å². The molecule has 106 valence electrons. The zero-order valence-electron chi connectivity index (χ0n) is 11.9. The Morgan fingerprint density at radius 2 is 2.30 bits per heavy atom. The number of carbonyl (C=O) groups excluding carboxylic acids is 1. The van der Waals surface area contributed by atoms with E-state index in [1.54, 1.807) is 18.5 Å². The maximum Gasteiger partial charge on any atom is 0.252 e. The van der Waals surface area contributed by atoms with Gasteiger partial charge in [-0.05, 0) is 24.8 Å². The summed E-state index contributed by atoms with van der Waals surface area (Å²) in [7, 11) is 0. The molecule has 0 aromatic carbocycles. The maximum absolute atomic E-state index is 12.4. The molecule has 1 saturated carbocycles. The molecule has 0 radical (unpaired) electrons. The summed E-state index contributed by atoms with van der Waals surface area (Å²) in [6, 6.07) is 1.98. The van der Waals surface area contributed by atoms with E-state index in [4.69, 9.17) is 5.73 Å². The molecule has 2 atom stereocenters. The van der Waals surface area contributed by atoms with E-state index in [0.717, 1.165) is 6.42 Å². The van der Waals surface area contributed by atoms with Crippen LogP contribution in [0.4, 0.5) is 0 Å². The highest BCUT2D eigenvalue weighted by Crippen LogP contribution is 2.24. The second-order valence-corrected chi connectivity index (χ2v) is 5.27. The fraction of sp³-hybridized carbons (Fsp3) is 0.500. The first-order chi connectivity index (χ1) is 9.72. The van der Waals surface area contributed by atoms with E-state index >= 15 is 0 Å². The minimum Gasteiger partial charge on any atom is -0.349 e. The summed E-state index contributed by atoms with van der Waals surface area (Å²) in [5.41, 5.74) is 6.60. The van der Waals surface area contributed by atoms with Gasteiger partial charge in [0.25, 0.3) is 5.91 Å². The molecule has 1 aromatic heterocycles. The topological polar surface area (TPSA) is 68.0 Å². The molecule has 0 spiro atoms. The fourth-order valence-electron chi connectivity index (χ4n) is 2.62. The van der Waals surface area contributed by atoms with Gasteiger partial charge in [0.1, 0.15) is 0 Å². The number of amides is 1. The normalized spacial score (nSPS) is 21.7. The van der Waals surface area contributed by atoms with Gasteiger partial charge in [0.05, 0.1) is 17.7 Å². The molecule has 0 aliphatic heterocycles. The highest BCUT2D eigenvalue weighted by molar-refractivity contribution is 5.96. The van der Waals surface area contributed by atoms with E-state index in [2.05, 4.69) is 29.1 Å². The molecule has 1 aliphatic rings. The number of nitrogens with zero attached hydrogens (tertiary/aromatic N) is 1. The van der Waals surface area contributed by atoms with Gasteiger partial charge < -0.3 is 11.1 Å². The number of hydrogen-bond donors (Lipinski definition) is 2. The minimum absolute atomic E-state index is 0.0625. The van der Waals surface area contributed by atoms with Crippen LogP contribution in [0.5, 0.6) is 0 Å². The lowest BCUT2D eigenvalue weighted by atomic mass is 9.86. The zero-order valence-corrected chi connectivity index (χ0v) is 11.9. The molecule has 2 unspecified atom stereocenters. The summed E-state index contributed by atoms with van der Waals surface area (Å²) in [4.78, 5) is 16.4. The molecule has 3 N–H and O–H groups in total. The Labute approximate surface area is 120 Å². The first kappa shape index (κ1) is 14.5. The first-order valence-electron chi connectivity index (χ1n) is 7.16. The third kappa shape index (κ3) is 3.58. The molecule has 0 saturated heterocycles. The van der Waals surface area contributed by atoms with Crippen molar-refractivity contribution in [3.8, 4) is 11.8 Å². The van der Waals surface area contributed by atoms with Gasteiger partial charge in [0.15, 0.2) is 0 Å². The molecule has 1 aromatic rings. The van der Waals surface area contributed by atoms with Crippen LogP contribution in [0, 0.1) is 17.8 Å². The molecular formula is C16H21N3O. The van der Waals surface area contributed by atoms with Crippen molar-refractivity contribution in [2.45, 2.75) is 38.6 Å². The van der Waals surface area contributed by atoms with Crippen LogP contribution in [-0.2, 0) is 0 Å². The highest BCUT2D eigenvalue weighted by atomic mass is 16.1. The molecule has 1 fully saturated rings. The molecule has 1 aliphatic carbocycles. The van der Waals surface area contributed by atoms with Gasteiger partial charge in [-0.1, -0.05) is 31.6 Å². The average Bonchev–Trinajstić information content (AvgIpc) is 2.47. The molecule has 2 rings (SSSR count). The Hall–Kier alpha value is -1.86. The number of nitrogens with two attached hydrogens (primary N) is 1. The molecule has 4 nitrogen and oxygen atoms in total. The summed E-state index contributed by atoms with van der Waals surface area (Å²) < 4.78 is 0. The Kier molecular flexibility index (Phi) is 5.14. The first-order valence-corrected chi connectivity index (χ1v) is 7.16. The third-order valence-corrected chi connectivity index (χ3v) is 3.82. The van der Waals surface area contributed by atoms with E-state index in [-0.39, 0.29) is 18.5 Å². The van der Waals surface area contributed by atoms with Crippen LogP contribution in [0.15, 0.2) is 18.5 Å². The molecule has 0 bridgehead atoms. The lowest BCUT2D eigenvalue weighted by Gasteiger charge is -2.29. The van der Waals surface area contributed by atoms with Crippen LogP contribution in [-0.4, -0.2) is 23.5 Å². The lowest BCUT2D eigenvalue weighted by molar-refractivity contribution is 0.0910. The summed E-state index contributed by atoms with van der Waals surface area (Å²) in [5.74, 6) is 6.15. The van der Waals surface area contributed by atoms with Gasteiger partial charge in [-0.3, -0.25) is 9.78 Å². The van der Waals surface area contributed by atoms with Gasteiger partial charge in [-0.2, -0.15) is 0 Å². The van der Waals surface area contributed by atoms with Gasteiger partial charge in [0.2, 0.25) is 0 Å². The summed E-state index contributed by atoms with van der Waals surface area (Å²) >= 11 is 0. The largest absolute Gasteiger partial charge is 0.349 e. The molecule has 20 heavy (non-hydrogen) atoms. The molecule has 1 amide bonds. The quantitative estimate of drug-likeness (QED) is 0.804. The monoisotopic (exact) mass is 271 g/mol. The lowest BCUT2D eigenvalue weighted by Crippen LogP contribution is -2.41. The Morgan fingerprint density at radius 1 is 1.50 bits per heavy atom. The molecule has 1 heterocycles. The number of nitrogens with one attached hydrogen (secondary N) is 1. The molecule has 4 heteroatoms. The van der Waals surface area contributed by atoms with Crippen molar-refractivity contribution in [1.29, 1.82) is 0 Å². The van der Waals surface area contributed by atoms with Crippen LogP contribution in [0.2, 0.25) is 0 Å². The van der Waals surface area contributed by atoms with E-state index < -0.39 is 0 Å². The predicted molar refractivity (Wildman–Crippen MR) is 79.1 cm³/mol. The third-order valence-electron chi connectivity index (χ3n) is 3.82. The molecular weight excluding hydrogens is 250 g/mol. The summed E-state index contributed by atoms with van der Waals surface area (Å²) in [6.45, 7) is 2.47. The van der Waals surface area contributed by atoms with Crippen molar-refractivity contribution in [2.75, 3.05) is 6.54 Å². The standard InChI is InChI=1S/C16H21N3O/c1-12-5-2-3-7-15(12)19-16(20)14-8-10-18-11-13(14)6-4-9-17/h8,10-12,15H,2-3,5,7,9,17H2,1H3,(H,19,20). The number of pyridine rings is 1. The van der Waals surface area contributed by atoms with E-state index in [9.17, 15) is 4.79 Å². The minimum atomic E-state index is -0.0625. The van der Waals surface area contributed by atoms with Gasteiger partial charge in [-0.15, -0.1) is 0 Å². The number of rotatable bonds is 2. The summed E-state index contributed by atoms with van der Waals surface area (Å²) in [5, 5.41) is 3.14. The second-order valence-electron chi connectivity index (χ2n) is 5.27. The Balaban J connectivity index is 2.12. The van der Waals surface area contributed by atoms with Gasteiger partial charge in [-0.25, -0.2) is 0 Å². The van der Waals surface area contributed by atoms with Crippen LogP contribution >= 0.6 is 0 Å². The highest BCUT2D eigenvalue weighted by Gasteiger charge is 2.23. The number of hydrogen-bond acceptors (Lipinski definition) is 3. The smallest absolute Gasteiger partial charge is 0.252 e. The average molecular weight is 271 g/mol. The van der Waals surface area contributed by atoms with E-state index in [1.807, 2.05) is 0 Å². The Morgan fingerprint density at radius 3 is 3.05 bits per heavy atom. The van der Waals surface area contributed by atoms with Crippen molar-refractivity contribution < 1.29 is 4.79 Å². The van der Waals surface area contributed by atoms with Crippen molar-refractivity contribution in [2.24, 2.45) is 11.7 Å². The Bertz CT molecular complexity index is 530.